The van der Waals surface area contributed by atoms with Crippen molar-refractivity contribution in [2.24, 2.45) is 46.8 Å². The molecule has 0 bridgehead atoms. The lowest BCUT2D eigenvalue weighted by Gasteiger charge is -2.54. The van der Waals surface area contributed by atoms with E-state index in [1.165, 1.54) is 44.9 Å². The summed E-state index contributed by atoms with van der Waals surface area (Å²) >= 11 is 0. The third-order valence-electron chi connectivity index (χ3n) is 13.5. The number of likely N-dealkylation sites (tertiary alicyclic amines) is 1. The van der Waals surface area contributed by atoms with Crippen LogP contribution in [-0.4, -0.2) is 35.3 Å². The highest BCUT2D eigenvalue weighted by atomic mass is 16.6. The minimum absolute atomic E-state index is 0.108. The molecule has 6 aliphatic rings. The van der Waals surface area contributed by atoms with E-state index in [-0.39, 0.29) is 23.8 Å². The minimum Gasteiger partial charge on any atom is -0.445 e. The first-order chi connectivity index (χ1) is 19.7. The van der Waals surface area contributed by atoms with Crippen LogP contribution in [0.4, 0.5) is 4.79 Å². The van der Waals surface area contributed by atoms with Gasteiger partial charge in [-0.2, -0.15) is 0 Å². The highest BCUT2D eigenvalue weighted by Crippen LogP contribution is 2.65. The van der Waals surface area contributed by atoms with Gasteiger partial charge in [0.2, 0.25) is 0 Å². The number of fused-ring (bicyclic) bond motifs is 6. The second kappa shape index (κ2) is 10.4. The van der Waals surface area contributed by atoms with E-state index in [1.807, 2.05) is 35.9 Å². The average Bonchev–Trinajstić information content (AvgIpc) is 3.42. The Balaban J connectivity index is 1.11. The first-order valence-electron chi connectivity index (χ1n) is 17.0. The zero-order chi connectivity index (χ0) is 28.5. The zero-order valence-corrected chi connectivity index (χ0v) is 26.2. The van der Waals surface area contributed by atoms with Crippen molar-refractivity contribution >= 4 is 6.09 Å². The summed E-state index contributed by atoms with van der Waals surface area (Å²) in [4.78, 5) is 15.6. The molecule has 1 amide bonds. The quantitative estimate of drug-likeness (QED) is 0.340. The minimum atomic E-state index is -0.168. The smallest absolute Gasteiger partial charge is 0.410 e. The number of hydrogen-bond donors (Lipinski definition) is 0. The van der Waals surface area contributed by atoms with Gasteiger partial charge >= 0.3 is 6.09 Å². The fraction of sp³-hybridized carbons (Fsp3) is 0.757. The molecule has 1 aromatic carbocycles. The lowest BCUT2D eigenvalue weighted by Crippen LogP contribution is -2.54. The molecule has 224 valence electrons. The maximum Gasteiger partial charge on any atom is 0.410 e. The number of carbonyl (C=O) groups is 1. The Hall–Kier alpha value is -1.81. The largest absolute Gasteiger partial charge is 0.445 e. The molecular formula is C37H53NO3. The fourth-order valence-electron chi connectivity index (χ4n) is 11.3. The van der Waals surface area contributed by atoms with Gasteiger partial charge < -0.3 is 14.4 Å². The van der Waals surface area contributed by atoms with Crippen molar-refractivity contribution in [2.75, 3.05) is 6.54 Å². The normalized spacial score (nSPS) is 45.5. The maximum atomic E-state index is 13.5. The summed E-state index contributed by atoms with van der Waals surface area (Å²) in [6.45, 7) is 13.4. The molecule has 1 spiro atoms. The Morgan fingerprint density at radius 3 is 2.63 bits per heavy atom. The van der Waals surface area contributed by atoms with Crippen LogP contribution in [0.2, 0.25) is 0 Å². The number of ether oxygens (including phenoxy) is 2. The molecule has 5 fully saturated rings. The van der Waals surface area contributed by atoms with Crippen molar-refractivity contribution in [3.63, 3.8) is 0 Å². The van der Waals surface area contributed by atoms with E-state index in [2.05, 4.69) is 39.5 Å². The summed E-state index contributed by atoms with van der Waals surface area (Å²) in [5, 5.41) is 0. The summed E-state index contributed by atoms with van der Waals surface area (Å²) in [6, 6.07) is 10.2. The molecule has 4 aliphatic carbocycles. The van der Waals surface area contributed by atoms with E-state index in [9.17, 15) is 4.79 Å². The Morgan fingerprint density at radius 2 is 1.83 bits per heavy atom. The first-order valence-corrected chi connectivity index (χ1v) is 17.0. The van der Waals surface area contributed by atoms with Crippen molar-refractivity contribution < 1.29 is 14.3 Å². The lowest BCUT2D eigenvalue weighted by molar-refractivity contribution is -0.0806. The molecule has 0 aromatic heterocycles. The van der Waals surface area contributed by atoms with Crippen LogP contribution in [-0.2, 0) is 16.1 Å². The molecule has 11 atom stereocenters. The molecule has 2 saturated heterocycles. The van der Waals surface area contributed by atoms with Gasteiger partial charge in [0.1, 0.15) is 6.61 Å². The van der Waals surface area contributed by atoms with E-state index in [4.69, 9.17) is 9.47 Å². The second-order valence-corrected chi connectivity index (χ2v) is 15.8. The molecule has 0 unspecified atom stereocenters. The highest BCUT2D eigenvalue weighted by Gasteiger charge is 2.60. The number of benzene rings is 1. The van der Waals surface area contributed by atoms with Crippen LogP contribution in [0.25, 0.3) is 0 Å². The number of nitrogens with zero attached hydrogens (tertiary/aromatic N) is 1. The topological polar surface area (TPSA) is 38.8 Å². The molecular weight excluding hydrogens is 506 g/mol. The van der Waals surface area contributed by atoms with E-state index in [1.54, 1.807) is 5.57 Å². The van der Waals surface area contributed by atoms with Crippen LogP contribution in [0.3, 0.4) is 0 Å². The van der Waals surface area contributed by atoms with Gasteiger partial charge in [-0.1, -0.05) is 75.6 Å². The Labute approximate surface area is 248 Å². The molecule has 2 heterocycles. The van der Waals surface area contributed by atoms with Gasteiger partial charge in [0.25, 0.3) is 0 Å². The predicted molar refractivity (Wildman–Crippen MR) is 163 cm³/mol. The summed E-state index contributed by atoms with van der Waals surface area (Å²) < 4.78 is 13.1. The van der Waals surface area contributed by atoms with Crippen LogP contribution in [0.1, 0.15) is 104 Å². The third kappa shape index (κ3) is 4.61. The highest BCUT2D eigenvalue weighted by molar-refractivity contribution is 5.68. The van der Waals surface area contributed by atoms with Crippen molar-refractivity contribution in [1.82, 2.24) is 4.90 Å². The SMILES string of the molecule is CC1=C2C[C@H]3[C@@H](CC[C@@H]4C[C@H](C)CC[C@@]43C)[C@@H]2CC[C@@]2(C1)O[C@@H]1C[C@H](C)CN(C(=O)OCc3ccccc3)[C@H]1[C@H]2C. The Kier molecular flexibility index (Phi) is 7.11. The van der Waals surface area contributed by atoms with Gasteiger partial charge in [0.15, 0.2) is 0 Å². The van der Waals surface area contributed by atoms with E-state index < -0.39 is 0 Å². The zero-order valence-electron chi connectivity index (χ0n) is 26.2. The van der Waals surface area contributed by atoms with Crippen molar-refractivity contribution in [1.29, 1.82) is 0 Å². The van der Waals surface area contributed by atoms with Crippen molar-refractivity contribution in [3.05, 3.63) is 47.0 Å². The fourth-order valence-corrected chi connectivity index (χ4v) is 11.3. The molecule has 7 rings (SSSR count). The number of piperidine rings is 1. The second-order valence-electron chi connectivity index (χ2n) is 15.8. The van der Waals surface area contributed by atoms with Gasteiger partial charge in [0.05, 0.1) is 17.7 Å². The van der Waals surface area contributed by atoms with Crippen LogP contribution >= 0.6 is 0 Å². The maximum absolute atomic E-state index is 13.5. The number of allylic oxidation sites excluding steroid dienone is 1. The van der Waals surface area contributed by atoms with Gasteiger partial charge in [-0.3, -0.25) is 0 Å². The number of hydrogen-bond acceptors (Lipinski definition) is 3. The predicted octanol–water partition coefficient (Wildman–Crippen LogP) is 8.80. The average molecular weight is 560 g/mol. The summed E-state index contributed by atoms with van der Waals surface area (Å²) in [6.07, 6.45) is 13.0. The number of amides is 1. The molecule has 41 heavy (non-hydrogen) atoms. The standard InChI is InChI=1S/C37H53NO3/c1-23-13-15-36(5)28(17-23)11-12-30-29-14-16-37(20-25(3)31(29)19-32(30)36)26(4)34-33(41-37)18-24(2)21-38(34)35(39)40-22-27-9-7-6-8-10-27/h6-10,23-24,26,28-30,32-34H,11-22H2,1-5H3/t23-,24+,26-,28-,29+,30+,32+,33-,34+,36+,37+/m1/s1. The monoisotopic (exact) mass is 559 g/mol. The van der Waals surface area contributed by atoms with Crippen molar-refractivity contribution in [3.8, 4) is 0 Å². The molecule has 4 nitrogen and oxygen atoms in total. The summed E-state index contributed by atoms with van der Waals surface area (Å²) in [5.41, 5.74) is 4.88. The van der Waals surface area contributed by atoms with Gasteiger partial charge in [-0.05, 0) is 111 Å². The van der Waals surface area contributed by atoms with Crippen LogP contribution in [0, 0.1) is 46.8 Å². The van der Waals surface area contributed by atoms with Gasteiger partial charge in [-0.25, -0.2) is 4.79 Å². The first kappa shape index (κ1) is 28.0. The Morgan fingerprint density at radius 1 is 1.02 bits per heavy atom. The number of rotatable bonds is 2. The van der Waals surface area contributed by atoms with Crippen LogP contribution in [0.5, 0.6) is 0 Å². The van der Waals surface area contributed by atoms with E-state index in [0.29, 0.717) is 23.9 Å². The summed E-state index contributed by atoms with van der Waals surface area (Å²) in [7, 11) is 0. The molecule has 4 heteroatoms. The summed E-state index contributed by atoms with van der Waals surface area (Å²) in [5.74, 6) is 5.09. The molecule has 0 radical (unpaired) electrons. The molecule has 2 aliphatic heterocycles. The molecule has 0 N–H and O–H groups in total. The van der Waals surface area contributed by atoms with E-state index in [0.717, 1.165) is 61.0 Å². The lowest BCUT2D eigenvalue weighted by atomic mass is 9.51. The van der Waals surface area contributed by atoms with E-state index >= 15 is 0 Å². The number of carbonyl (C=O) groups excluding carboxylic acids is 1. The van der Waals surface area contributed by atoms with Crippen LogP contribution in [0.15, 0.2) is 41.5 Å². The van der Waals surface area contributed by atoms with Crippen molar-refractivity contribution in [2.45, 2.75) is 123 Å². The molecule has 3 saturated carbocycles. The van der Waals surface area contributed by atoms with Gasteiger partial charge in [-0.15, -0.1) is 0 Å². The Bertz CT molecular complexity index is 1180. The van der Waals surface area contributed by atoms with Gasteiger partial charge in [0, 0.05) is 12.5 Å². The van der Waals surface area contributed by atoms with Crippen LogP contribution < -0.4 is 0 Å². The third-order valence-corrected chi connectivity index (χ3v) is 13.5. The molecule has 1 aromatic rings.